The highest BCUT2D eigenvalue weighted by Gasteiger charge is 2.31. The van der Waals surface area contributed by atoms with Crippen molar-refractivity contribution < 1.29 is 14.7 Å². The van der Waals surface area contributed by atoms with Crippen LogP contribution in [0.4, 0.5) is 4.79 Å². The second kappa shape index (κ2) is 6.50. The number of nitrogens with one attached hydrogen (secondary N) is 1. The summed E-state index contributed by atoms with van der Waals surface area (Å²) in [4.78, 5) is 25.0. The third kappa shape index (κ3) is 5.30. The summed E-state index contributed by atoms with van der Waals surface area (Å²) < 4.78 is 0.0341. The average molecular weight is 288 g/mol. The molecule has 0 unspecified atom stereocenters. The van der Waals surface area contributed by atoms with E-state index in [0.29, 0.717) is 19.5 Å². The number of thioether (sulfide) groups is 1. The van der Waals surface area contributed by atoms with Gasteiger partial charge < -0.3 is 15.3 Å². The molecule has 0 radical (unpaired) electrons. The molecule has 19 heavy (non-hydrogen) atoms. The van der Waals surface area contributed by atoms with Crippen LogP contribution in [0.15, 0.2) is 0 Å². The van der Waals surface area contributed by atoms with Crippen molar-refractivity contribution in [2.24, 2.45) is 5.92 Å². The van der Waals surface area contributed by atoms with E-state index >= 15 is 0 Å². The second-order valence-corrected chi connectivity index (χ2v) is 7.80. The third-order valence-electron chi connectivity index (χ3n) is 3.02. The number of amides is 2. The Hall–Kier alpha value is -0.910. The lowest BCUT2D eigenvalue weighted by molar-refractivity contribution is -0.139. The maximum absolute atomic E-state index is 12.1. The number of carbonyl (C=O) groups is 2. The molecule has 1 aliphatic heterocycles. The van der Waals surface area contributed by atoms with Crippen LogP contribution in [0.1, 0.15) is 34.1 Å². The van der Waals surface area contributed by atoms with E-state index in [1.807, 2.05) is 25.6 Å². The first kappa shape index (κ1) is 16.1. The number of rotatable bonds is 4. The van der Waals surface area contributed by atoms with Crippen LogP contribution < -0.4 is 5.32 Å². The number of carbonyl (C=O) groups excluding carboxylic acids is 1. The molecule has 0 bridgehead atoms. The monoisotopic (exact) mass is 288 g/mol. The summed E-state index contributed by atoms with van der Waals surface area (Å²) in [5.74, 6) is 0.157. The van der Waals surface area contributed by atoms with Gasteiger partial charge in [0.05, 0.1) is 0 Å². The SMILES string of the molecule is CC(C)C[C@@H](NC(=O)N1CCSC(C)(C)C1)C(=O)O. The minimum atomic E-state index is -0.965. The van der Waals surface area contributed by atoms with E-state index in [0.717, 1.165) is 5.75 Å². The Bertz CT molecular complexity index is 345. The minimum absolute atomic E-state index is 0.0341. The number of urea groups is 1. The van der Waals surface area contributed by atoms with Crippen molar-refractivity contribution in [3.05, 3.63) is 0 Å². The van der Waals surface area contributed by atoms with Crippen molar-refractivity contribution in [1.82, 2.24) is 10.2 Å². The molecule has 5 nitrogen and oxygen atoms in total. The average Bonchev–Trinajstić information content (AvgIpc) is 2.25. The molecule has 0 aromatic carbocycles. The van der Waals surface area contributed by atoms with Gasteiger partial charge in [0, 0.05) is 23.6 Å². The molecule has 110 valence electrons. The Morgan fingerprint density at radius 3 is 2.53 bits per heavy atom. The van der Waals surface area contributed by atoms with Gasteiger partial charge in [0.1, 0.15) is 6.04 Å². The summed E-state index contributed by atoms with van der Waals surface area (Å²) in [6, 6.07) is -1.06. The van der Waals surface area contributed by atoms with Gasteiger partial charge >= 0.3 is 12.0 Å². The molecule has 1 fully saturated rings. The third-order valence-corrected chi connectivity index (χ3v) is 4.31. The van der Waals surface area contributed by atoms with E-state index < -0.39 is 12.0 Å². The zero-order valence-electron chi connectivity index (χ0n) is 12.1. The van der Waals surface area contributed by atoms with Gasteiger partial charge in [-0.2, -0.15) is 11.8 Å². The first-order valence-corrected chi connectivity index (χ1v) is 7.62. The lowest BCUT2D eigenvalue weighted by atomic mass is 10.0. The Balaban J connectivity index is 2.59. The quantitative estimate of drug-likeness (QED) is 0.830. The van der Waals surface area contributed by atoms with E-state index in [1.165, 1.54) is 0 Å². The largest absolute Gasteiger partial charge is 0.480 e. The highest BCUT2D eigenvalue weighted by molar-refractivity contribution is 8.00. The lowest BCUT2D eigenvalue weighted by Gasteiger charge is -2.38. The molecule has 0 saturated carbocycles. The van der Waals surface area contributed by atoms with Gasteiger partial charge in [-0.05, 0) is 26.2 Å². The van der Waals surface area contributed by atoms with Crippen LogP contribution in [-0.2, 0) is 4.79 Å². The first-order valence-electron chi connectivity index (χ1n) is 6.63. The molecular weight excluding hydrogens is 264 g/mol. The molecule has 0 aromatic heterocycles. The topological polar surface area (TPSA) is 69.6 Å². The smallest absolute Gasteiger partial charge is 0.326 e. The van der Waals surface area contributed by atoms with Crippen LogP contribution in [0.5, 0.6) is 0 Å². The predicted octanol–water partition coefficient (Wildman–Crippen LogP) is 2.02. The minimum Gasteiger partial charge on any atom is -0.480 e. The summed E-state index contributed by atoms with van der Waals surface area (Å²) in [5.41, 5.74) is 0. The molecule has 6 heteroatoms. The van der Waals surface area contributed by atoms with E-state index in [4.69, 9.17) is 5.11 Å². The molecular formula is C13H24N2O3S. The molecule has 0 aliphatic carbocycles. The highest BCUT2D eigenvalue weighted by atomic mass is 32.2. The fourth-order valence-corrected chi connectivity index (χ4v) is 3.23. The van der Waals surface area contributed by atoms with E-state index in [2.05, 4.69) is 19.2 Å². The molecule has 1 rings (SSSR count). The van der Waals surface area contributed by atoms with Crippen LogP contribution >= 0.6 is 11.8 Å². The molecule has 1 atom stereocenters. The zero-order chi connectivity index (χ0) is 14.6. The van der Waals surface area contributed by atoms with Crippen LogP contribution in [0.3, 0.4) is 0 Å². The van der Waals surface area contributed by atoms with Gasteiger partial charge in [0.2, 0.25) is 0 Å². The van der Waals surface area contributed by atoms with Gasteiger partial charge in [-0.15, -0.1) is 0 Å². The van der Waals surface area contributed by atoms with E-state index in [1.54, 1.807) is 4.90 Å². The van der Waals surface area contributed by atoms with Gasteiger partial charge in [-0.1, -0.05) is 13.8 Å². The summed E-state index contributed by atoms with van der Waals surface area (Å²) in [6.07, 6.45) is 0.451. The van der Waals surface area contributed by atoms with Crippen LogP contribution in [0.25, 0.3) is 0 Å². The summed E-state index contributed by atoms with van der Waals surface area (Å²) >= 11 is 1.84. The van der Waals surface area contributed by atoms with Crippen molar-refractivity contribution >= 4 is 23.8 Å². The van der Waals surface area contributed by atoms with Crippen molar-refractivity contribution in [3.63, 3.8) is 0 Å². The van der Waals surface area contributed by atoms with E-state index in [-0.39, 0.29) is 16.7 Å². The summed E-state index contributed by atoms with van der Waals surface area (Å²) in [5, 5.41) is 11.8. The first-order chi connectivity index (χ1) is 8.71. The van der Waals surface area contributed by atoms with Crippen LogP contribution in [-0.4, -0.2) is 51.6 Å². The molecule has 1 saturated heterocycles. The summed E-state index contributed by atoms with van der Waals surface area (Å²) in [6.45, 7) is 9.41. The fourth-order valence-electron chi connectivity index (χ4n) is 2.12. The fraction of sp³-hybridized carbons (Fsp3) is 0.846. The van der Waals surface area contributed by atoms with Crippen molar-refractivity contribution in [1.29, 1.82) is 0 Å². The molecule has 2 amide bonds. The number of nitrogens with zero attached hydrogens (tertiary/aromatic N) is 1. The Labute approximate surface area is 119 Å². The van der Waals surface area contributed by atoms with Crippen LogP contribution in [0, 0.1) is 5.92 Å². The van der Waals surface area contributed by atoms with Crippen molar-refractivity contribution in [2.75, 3.05) is 18.8 Å². The number of hydrogen-bond donors (Lipinski definition) is 2. The second-order valence-electron chi connectivity index (χ2n) is 6.00. The Morgan fingerprint density at radius 2 is 2.05 bits per heavy atom. The number of carboxylic acid groups (broad SMARTS) is 1. The van der Waals surface area contributed by atoms with Gasteiger partial charge in [-0.25, -0.2) is 9.59 Å². The highest BCUT2D eigenvalue weighted by Crippen LogP contribution is 2.29. The number of hydrogen-bond acceptors (Lipinski definition) is 3. The normalized spacial score (nSPS) is 20.2. The van der Waals surface area contributed by atoms with Crippen molar-refractivity contribution in [2.45, 2.75) is 44.9 Å². The van der Waals surface area contributed by atoms with E-state index in [9.17, 15) is 9.59 Å². The Morgan fingerprint density at radius 1 is 1.42 bits per heavy atom. The standard InChI is InChI=1S/C13H24N2O3S/c1-9(2)7-10(11(16)17)14-12(18)15-5-6-19-13(3,4)8-15/h9-10H,5-8H2,1-4H3,(H,14,18)(H,16,17)/t10-/m1/s1. The molecule has 0 spiro atoms. The molecule has 1 heterocycles. The predicted molar refractivity (Wildman–Crippen MR) is 77.5 cm³/mol. The van der Waals surface area contributed by atoms with Gasteiger partial charge in [0.25, 0.3) is 0 Å². The van der Waals surface area contributed by atoms with Crippen molar-refractivity contribution in [3.8, 4) is 0 Å². The molecule has 0 aromatic rings. The summed E-state index contributed by atoms with van der Waals surface area (Å²) in [7, 11) is 0. The van der Waals surface area contributed by atoms with Crippen LogP contribution in [0.2, 0.25) is 0 Å². The maximum atomic E-state index is 12.1. The Kier molecular flexibility index (Phi) is 5.52. The van der Waals surface area contributed by atoms with Gasteiger partial charge in [0.15, 0.2) is 0 Å². The zero-order valence-corrected chi connectivity index (χ0v) is 12.9. The van der Waals surface area contributed by atoms with Gasteiger partial charge in [-0.3, -0.25) is 0 Å². The molecule has 2 N–H and O–H groups in total. The number of aliphatic carboxylic acids is 1. The molecule has 1 aliphatic rings. The number of carboxylic acids is 1. The maximum Gasteiger partial charge on any atom is 0.326 e. The lowest BCUT2D eigenvalue weighted by Crippen LogP contribution is -2.53.